The topological polar surface area (TPSA) is 49.4 Å². The van der Waals surface area contributed by atoms with Crippen molar-refractivity contribution >= 4 is 29.1 Å². The molecule has 0 aliphatic carbocycles. The second-order valence-corrected chi connectivity index (χ2v) is 5.74. The first-order valence-electron chi connectivity index (χ1n) is 7.15. The minimum Gasteiger partial charge on any atom is -0.301 e. The number of hydrogen-bond acceptors (Lipinski definition) is 3. The van der Waals surface area contributed by atoms with E-state index in [0.717, 1.165) is 5.56 Å². The van der Waals surface area contributed by atoms with Crippen molar-refractivity contribution in [2.24, 2.45) is 0 Å². The molecule has 1 aliphatic heterocycles. The SMILES string of the molecule is O=C1C[C@@H](NCc2ccc(F)cc2)C(=O)N1c1ccc(Cl)cc1. The van der Waals surface area contributed by atoms with Crippen LogP contribution >= 0.6 is 11.6 Å². The molecule has 4 nitrogen and oxygen atoms in total. The zero-order valence-corrected chi connectivity index (χ0v) is 12.9. The standard InChI is InChI=1S/C17H14ClFN2O2/c18-12-3-7-14(8-4-12)21-16(22)9-15(17(21)23)20-10-11-1-5-13(19)6-2-11/h1-8,15,20H,9-10H2/t15-/m1/s1. The van der Waals surface area contributed by atoms with E-state index >= 15 is 0 Å². The Bertz CT molecular complexity index is 731. The van der Waals surface area contributed by atoms with Crippen LogP contribution in [0.4, 0.5) is 10.1 Å². The first kappa shape index (κ1) is 15.6. The van der Waals surface area contributed by atoms with E-state index in [4.69, 9.17) is 11.6 Å². The lowest BCUT2D eigenvalue weighted by Crippen LogP contribution is -2.38. The predicted molar refractivity (Wildman–Crippen MR) is 85.6 cm³/mol. The molecule has 2 amide bonds. The van der Waals surface area contributed by atoms with Crippen LogP contribution in [0, 0.1) is 5.82 Å². The smallest absolute Gasteiger partial charge is 0.251 e. The van der Waals surface area contributed by atoms with Crippen molar-refractivity contribution in [1.82, 2.24) is 5.32 Å². The van der Waals surface area contributed by atoms with Crippen LogP contribution in [0.3, 0.4) is 0 Å². The van der Waals surface area contributed by atoms with Crippen molar-refractivity contribution < 1.29 is 14.0 Å². The zero-order valence-electron chi connectivity index (χ0n) is 12.1. The summed E-state index contributed by atoms with van der Waals surface area (Å²) in [5.74, 6) is -0.858. The third-order valence-corrected chi connectivity index (χ3v) is 3.95. The molecular weight excluding hydrogens is 319 g/mol. The number of rotatable bonds is 4. The van der Waals surface area contributed by atoms with Gasteiger partial charge in [-0.1, -0.05) is 23.7 Å². The molecule has 1 fully saturated rings. The van der Waals surface area contributed by atoms with E-state index in [9.17, 15) is 14.0 Å². The van der Waals surface area contributed by atoms with Gasteiger partial charge in [0.25, 0.3) is 5.91 Å². The lowest BCUT2D eigenvalue weighted by molar-refractivity contribution is -0.121. The van der Waals surface area contributed by atoms with Gasteiger partial charge in [-0.25, -0.2) is 9.29 Å². The first-order chi connectivity index (χ1) is 11.0. The molecule has 0 unspecified atom stereocenters. The number of imide groups is 1. The molecule has 3 rings (SSSR count). The monoisotopic (exact) mass is 332 g/mol. The maximum absolute atomic E-state index is 12.9. The van der Waals surface area contributed by atoms with Gasteiger partial charge in [-0.15, -0.1) is 0 Å². The van der Waals surface area contributed by atoms with Crippen LogP contribution in [0.5, 0.6) is 0 Å². The van der Waals surface area contributed by atoms with Crippen LogP contribution < -0.4 is 10.2 Å². The normalized spacial score (nSPS) is 17.8. The largest absolute Gasteiger partial charge is 0.301 e. The Balaban J connectivity index is 1.68. The number of halogens is 2. The third kappa shape index (κ3) is 3.41. The fourth-order valence-corrected chi connectivity index (χ4v) is 2.62. The molecule has 23 heavy (non-hydrogen) atoms. The highest BCUT2D eigenvalue weighted by Crippen LogP contribution is 2.24. The molecule has 0 saturated carbocycles. The maximum atomic E-state index is 12.9. The first-order valence-corrected chi connectivity index (χ1v) is 7.52. The molecule has 1 aliphatic rings. The summed E-state index contributed by atoms with van der Waals surface area (Å²) in [6.45, 7) is 0.387. The Morgan fingerprint density at radius 1 is 1.09 bits per heavy atom. The summed E-state index contributed by atoms with van der Waals surface area (Å²) < 4.78 is 12.9. The average molecular weight is 333 g/mol. The quantitative estimate of drug-likeness (QED) is 0.876. The Morgan fingerprint density at radius 3 is 2.39 bits per heavy atom. The molecule has 1 atom stereocenters. The molecule has 0 spiro atoms. The molecule has 6 heteroatoms. The molecule has 1 heterocycles. The zero-order chi connectivity index (χ0) is 16.4. The van der Waals surface area contributed by atoms with Crippen LogP contribution in [0.2, 0.25) is 5.02 Å². The van der Waals surface area contributed by atoms with Gasteiger partial charge in [-0.3, -0.25) is 9.59 Å². The highest BCUT2D eigenvalue weighted by molar-refractivity contribution is 6.30. The Labute approximate surface area is 137 Å². The van der Waals surface area contributed by atoms with Crippen LogP contribution in [0.15, 0.2) is 48.5 Å². The van der Waals surface area contributed by atoms with E-state index in [-0.39, 0.29) is 24.1 Å². The Morgan fingerprint density at radius 2 is 1.74 bits per heavy atom. The van der Waals surface area contributed by atoms with Gasteiger partial charge in [0.15, 0.2) is 0 Å². The highest BCUT2D eigenvalue weighted by Gasteiger charge is 2.39. The molecule has 118 valence electrons. The number of nitrogens with one attached hydrogen (secondary N) is 1. The number of anilines is 1. The minimum atomic E-state index is -0.580. The molecule has 0 aromatic heterocycles. The summed E-state index contributed by atoms with van der Waals surface area (Å²) in [7, 11) is 0. The fourth-order valence-electron chi connectivity index (χ4n) is 2.50. The Kier molecular flexibility index (Phi) is 4.41. The summed E-state index contributed by atoms with van der Waals surface area (Å²) >= 11 is 5.82. The van der Waals surface area contributed by atoms with E-state index < -0.39 is 6.04 Å². The number of carbonyl (C=O) groups is 2. The molecule has 0 radical (unpaired) electrons. The second-order valence-electron chi connectivity index (χ2n) is 5.31. The third-order valence-electron chi connectivity index (χ3n) is 3.70. The lowest BCUT2D eigenvalue weighted by Gasteiger charge is -2.15. The Hall–Kier alpha value is -2.24. The molecule has 2 aromatic carbocycles. The lowest BCUT2D eigenvalue weighted by atomic mass is 10.2. The summed E-state index contributed by atoms with van der Waals surface area (Å²) in [5.41, 5.74) is 1.35. The number of hydrogen-bond donors (Lipinski definition) is 1. The second kappa shape index (κ2) is 6.48. The number of amides is 2. The van der Waals surface area contributed by atoms with Gasteiger partial charge in [0.2, 0.25) is 5.91 Å². The van der Waals surface area contributed by atoms with Crippen molar-refractivity contribution in [3.05, 3.63) is 64.9 Å². The summed E-state index contributed by atoms with van der Waals surface area (Å²) in [4.78, 5) is 25.7. The van der Waals surface area contributed by atoms with Gasteiger partial charge < -0.3 is 5.32 Å². The van der Waals surface area contributed by atoms with Gasteiger partial charge in [-0.05, 0) is 42.0 Å². The van der Waals surface area contributed by atoms with Gasteiger partial charge in [0, 0.05) is 11.6 Å². The number of benzene rings is 2. The number of carbonyl (C=O) groups excluding carboxylic acids is 2. The van der Waals surface area contributed by atoms with Gasteiger partial charge in [0.1, 0.15) is 5.82 Å². The summed E-state index contributed by atoms with van der Waals surface area (Å²) in [5, 5.41) is 3.59. The van der Waals surface area contributed by atoms with Crippen molar-refractivity contribution in [2.45, 2.75) is 19.0 Å². The molecule has 1 N–H and O–H groups in total. The molecule has 1 saturated heterocycles. The van der Waals surface area contributed by atoms with Crippen molar-refractivity contribution in [2.75, 3.05) is 4.90 Å². The van der Waals surface area contributed by atoms with E-state index in [2.05, 4.69) is 5.32 Å². The van der Waals surface area contributed by atoms with E-state index in [1.54, 1.807) is 36.4 Å². The van der Waals surface area contributed by atoms with Crippen molar-refractivity contribution in [3.63, 3.8) is 0 Å². The summed E-state index contributed by atoms with van der Waals surface area (Å²) in [6.07, 6.45) is 0.0999. The molecular formula is C17H14ClFN2O2. The van der Waals surface area contributed by atoms with Crippen molar-refractivity contribution in [3.8, 4) is 0 Å². The van der Waals surface area contributed by atoms with Crippen molar-refractivity contribution in [1.29, 1.82) is 0 Å². The van der Waals surface area contributed by atoms with Gasteiger partial charge in [-0.2, -0.15) is 0 Å². The summed E-state index contributed by atoms with van der Waals surface area (Å²) in [6, 6.07) is 12.0. The van der Waals surface area contributed by atoms with Crippen LogP contribution in [-0.4, -0.2) is 17.9 Å². The average Bonchev–Trinajstić information content (AvgIpc) is 2.82. The highest BCUT2D eigenvalue weighted by atomic mass is 35.5. The van der Waals surface area contributed by atoms with Gasteiger partial charge >= 0.3 is 0 Å². The fraction of sp³-hybridized carbons (Fsp3) is 0.176. The predicted octanol–water partition coefficient (Wildman–Crippen LogP) is 2.90. The van der Waals surface area contributed by atoms with Crippen LogP contribution in [0.1, 0.15) is 12.0 Å². The van der Waals surface area contributed by atoms with Crippen LogP contribution in [-0.2, 0) is 16.1 Å². The van der Waals surface area contributed by atoms with E-state index in [0.29, 0.717) is 17.3 Å². The number of nitrogens with zero attached hydrogens (tertiary/aromatic N) is 1. The van der Waals surface area contributed by atoms with Gasteiger partial charge in [0.05, 0.1) is 18.2 Å². The van der Waals surface area contributed by atoms with E-state index in [1.165, 1.54) is 17.0 Å². The van der Waals surface area contributed by atoms with E-state index in [1.807, 2.05) is 0 Å². The molecule has 2 aromatic rings. The van der Waals surface area contributed by atoms with Crippen LogP contribution in [0.25, 0.3) is 0 Å². The maximum Gasteiger partial charge on any atom is 0.251 e. The minimum absolute atomic E-state index is 0.0999. The molecule has 0 bridgehead atoms.